The molecule has 33 heavy (non-hydrogen) atoms. The van der Waals surface area contributed by atoms with E-state index in [4.69, 9.17) is 13.9 Å². The normalized spacial score (nSPS) is 11.1. The third-order valence-corrected chi connectivity index (χ3v) is 6.82. The number of benzene rings is 2. The molecule has 0 radical (unpaired) electrons. The van der Waals surface area contributed by atoms with Crippen LogP contribution in [0.5, 0.6) is 11.5 Å². The lowest BCUT2D eigenvalue weighted by Crippen LogP contribution is -2.41. The molecule has 1 heterocycles. The van der Waals surface area contributed by atoms with Gasteiger partial charge in [-0.25, -0.2) is 8.42 Å². The number of nitrogens with one attached hydrogen (secondary N) is 1. The van der Waals surface area contributed by atoms with Crippen molar-refractivity contribution in [2.75, 3.05) is 31.6 Å². The second kappa shape index (κ2) is 10.9. The van der Waals surface area contributed by atoms with E-state index in [0.29, 0.717) is 30.8 Å². The average Bonchev–Trinajstić information content (AvgIpc) is 3.34. The summed E-state index contributed by atoms with van der Waals surface area (Å²) in [4.78, 5) is 12.7. The van der Waals surface area contributed by atoms with E-state index in [0.717, 1.165) is 15.6 Å². The quantitative estimate of drug-likeness (QED) is 0.429. The summed E-state index contributed by atoms with van der Waals surface area (Å²) in [6.07, 6.45) is 2.96. The predicted molar refractivity (Wildman–Crippen MR) is 125 cm³/mol. The zero-order chi connectivity index (χ0) is 23.8. The van der Waals surface area contributed by atoms with Gasteiger partial charge in [0.1, 0.15) is 12.3 Å². The van der Waals surface area contributed by atoms with Gasteiger partial charge in [0.2, 0.25) is 5.91 Å². The maximum absolute atomic E-state index is 13.5. The van der Waals surface area contributed by atoms with Gasteiger partial charge in [0.15, 0.2) is 11.5 Å². The number of ether oxygens (including phenoxy) is 2. The van der Waals surface area contributed by atoms with Gasteiger partial charge in [0, 0.05) is 19.0 Å². The number of amides is 1. The number of furan rings is 1. The molecule has 0 saturated carbocycles. The molecule has 0 aliphatic rings. The van der Waals surface area contributed by atoms with Crippen molar-refractivity contribution in [2.45, 2.75) is 24.7 Å². The lowest BCUT2D eigenvalue weighted by atomic mass is 10.2. The van der Waals surface area contributed by atoms with Gasteiger partial charge in [-0.3, -0.25) is 9.10 Å². The number of hydrogen-bond acceptors (Lipinski definition) is 6. The molecule has 3 rings (SSSR count). The fourth-order valence-corrected chi connectivity index (χ4v) is 4.70. The summed E-state index contributed by atoms with van der Waals surface area (Å²) < 4.78 is 43.9. The molecule has 1 aromatic heterocycles. The third-order valence-electron chi connectivity index (χ3n) is 5.05. The van der Waals surface area contributed by atoms with E-state index in [-0.39, 0.29) is 17.2 Å². The van der Waals surface area contributed by atoms with E-state index >= 15 is 0 Å². The highest BCUT2D eigenvalue weighted by Crippen LogP contribution is 2.32. The van der Waals surface area contributed by atoms with Crippen molar-refractivity contribution in [3.05, 3.63) is 72.2 Å². The van der Waals surface area contributed by atoms with Crippen LogP contribution in [0.15, 0.2) is 70.2 Å². The van der Waals surface area contributed by atoms with Gasteiger partial charge in [-0.05, 0) is 49.7 Å². The van der Waals surface area contributed by atoms with Gasteiger partial charge < -0.3 is 19.2 Å². The minimum absolute atomic E-state index is 0.00801. The Hall–Kier alpha value is -3.46. The number of aryl methyl sites for hydroxylation is 2. The van der Waals surface area contributed by atoms with Crippen molar-refractivity contribution in [3.8, 4) is 11.5 Å². The van der Waals surface area contributed by atoms with E-state index in [9.17, 15) is 13.2 Å². The van der Waals surface area contributed by atoms with Crippen molar-refractivity contribution in [2.24, 2.45) is 0 Å². The Morgan fingerprint density at radius 1 is 1.03 bits per heavy atom. The van der Waals surface area contributed by atoms with E-state index in [1.165, 1.54) is 32.4 Å². The molecule has 1 amide bonds. The van der Waals surface area contributed by atoms with Crippen LogP contribution in [-0.4, -0.2) is 41.6 Å². The minimum Gasteiger partial charge on any atom is -0.493 e. The largest absolute Gasteiger partial charge is 0.493 e. The number of carbonyl (C=O) groups excluding carboxylic acids is 1. The van der Waals surface area contributed by atoms with E-state index < -0.39 is 15.9 Å². The SMILES string of the molecule is COc1ccc(S(=O)(=O)N(CC(=O)NCCCc2ccco2)c2ccc(C)cc2)cc1OC. The van der Waals surface area contributed by atoms with Gasteiger partial charge in [-0.2, -0.15) is 0 Å². The molecule has 0 saturated heterocycles. The molecule has 0 aliphatic carbocycles. The lowest BCUT2D eigenvalue weighted by molar-refractivity contribution is -0.119. The number of nitrogens with zero attached hydrogens (tertiary/aromatic N) is 1. The molecule has 1 N–H and O–H groups in total. The summed E-state index contributed by atoms with van der Waals surface area (Å²) in [5.41, 5.74) is 1.37. The molecule has 0 bridgehead atoms. The molecular formula is C24H28N2O6S. The monoisotopic (exact) mass is 472 g/mol. The standard InChI is InChI=1S/C24H28N2O6S/c1-18-8-10-19(11-9-18)26(17-24(27)25-14-4-6-20-7-5-15-32-20)33(28,29)21-12-13-22(30-2)23(16-21)31-3/h5,7-13,15-16H,4,6,14,17H2,1-3H3,(H,25,27). The highest BCUT2D eigenvalue weighted by atomic mass is 32.2. The van der Waals surface area contributed by atoms with Gasteiger partial charge in [0.25, 0.3) is 10.0 Å². The molecule has 176 valence electrons. The molecule has 9 heteroatoms. The lowest BCUT2D eigenvalue weighted by Gasteiger charge is -2.24. The highest BCUT2D eigenvalue weighted by molar-refractivity contribution is 7.92. The molecule has 8 nitrogen and oxygen atoms in total. The fraction of sp³-hybridized carbons (Fsp3) is 0.292. The number of carbonyl (C=O) groups is 1. The number of hydrogen-bond donors (Lipinski definition) is 1. The maximum atomic E-state index is 13.5. The number of sulfonamides is 1. The third kappa shape index (κ3) is 6.07. The first-order chi connectivity index (χ1) is 15.8. The van der Waals surface area contributed by atoms with Gasteiger partial charge in [-0.15, -0.1) is 0 Å². The predicted octanol–water partition coefficient (Wildman–Crippen LogP) is 3.55. The van der Waals surface area contributed by atoms with Crippen LogP contribution in [0, 0.1) is 6.92 Å². The van der Waals surface area contributed by atoms with Crippen LogP contribution in [0.3, 0.4) is 0 Å². The average molecular weight is 473 g/mol. The summed E-state index contributed by atoms with van der Waals surface area (Å²) in [7, 11) is -1.16. The summed E-state index contributed by atoms with van der Waals surface area (Å²) >= 11 is 0. The van der Waals surface area contributed by atoms with Crippen molar-refractivity contribution in [1.82, 2.24) is 5.32 Å². The molecule has 0 aliphatic heterocycles. The van der Waals surface area contributed by atoms with Crippen LogP contribution >= 0.6 is 0 Å². The topological polar surface area (TPSA) is 98.1 Å². The number of methoxy groups -OCH3 is 2. The molecular weight excluding hydrogens is 444 g/mol. The summed E-state index contributed by atoms with van der Waals surface area (Å²) in [6, 6.07) is 15.0. The highest BCUT2D eigenvalue weighted by Gasteiger charge is 2.28. The molecule has 0 unspecified atom stereocenters. The van der Waals surface area contributed by atoms with Crippen molar-refractivity contribution < 1.29 is 27.1 Å². The molecule has 0 fully saturated rings. The van der Waals surface area contributed by atoms with Crippen LogP contribution in [0.1, 0.15) is 17.7 Å². The molecule has 3 aromatic rings. The molecule has 0 spiro atoms. The van der Waals surface area contributed by atoms with Crippen LogP contribution in [-0.2, 0) is 21.2 Å². The fourth-order valence-electron chi connectivity index (χ4n) is 3.26. The molecule has 0 atom stereocenters. The van der Waals surface area contributed by atoms with Crippen LogP contribution in [0.2, 0.25) is 0 Å². The Labute approximate surface area is 194 Å². The van der Waals surface area contributed by atoms with Gasteiger partial charge >= 0.3 is 0 Å². The minimum atomic E-state index is -4.06. The van der Waals surface area contributed by atoms with Gasteiger partial charge in [0.05, 0.1) is 31.1 Å². The Morgan fingerprint density at radius 3 is 2.39 bits per heavy atom. The zero-order valence-corrected chi connectivity index (χ0v) is 19.7. The van der Waals surface area contributed by atoms with Crippen molar-refractivity contribution in [1.29, 1.82) is 0 Å². The van der Waals surface area contributed by atoms with E-state index in [1.807, 2.05) is 19.1 Å². The van der Waals surface area contributed by atoms with Crippen molar-refractivity contribution in [3.63, 3.8) is 0 Å². The first-order valence-electron chi connectivity index (χ1n) is 10.5. The Kier molecular flexibility index (Phi) is 8.00. The van der Waals surface area contributed by atoms with Crippen LogP contribution in [0.25, 0.3) is 0 Å². The summed E-state index contributed by atoms with van der Waals surface area (Å²) in [6.45, 7) is 1.95. The first-order valence-corrected chi connectivity index (χ1v) is 11.9. The van der Waals surface area contributed by atoms with Gasteiger partial charge in [-0.1, -0.05) is 17.7 Å². The number of rotatable bonds is 11. The Morgan fingerprint density at radius 2 is 1.76 bits per heavy atom. The second-order valence-corrected chi connectivity index (χ2v) is 9.26. The Bertz CT molecular complexity index is 1160. The second-order valence-electron chi connectivity index (χ2n) is 7.40. The van der Waals surface area contributed by atoms with Crippen LogP contribution in [0.4, 0.5) is 5.69 Å². The first kappa shape index (κ1) is 24.2. The molecule has 2 aromatic carbocycles. The summed E-state index contributed by atoms with van der Waals surface area (Å²) in [5, 5.41) is 2.79. The van der Waals surface area contributed by atoms with E-state index in [2.05, 4.69) is 5.32 Å². The Balaban J connectivity index is 1.80. The maximum Gasteiger partial charge on any atom is 0.264 e. The van der Waals surface area contributed by atoms with E-state index in [1.54, 1.807) is 30.5 Å². The van der Waals surface area contributed by atoms with Crippen LogP contribution < -0.4 is 19.1 Å². The smallest absolute Gasteiger partial charge is 0.264 e. The van der Waals surface area contributed by atoms with Crippen molar-refractivity contribution >= 4 is 21.6 Å². The zero-order valence-electron chi connectivity index (χ0n) is 18.9. The number of anilines is 1. The summed E-state index contributed by atoms with van der Waals surface area (Å²) in [5.74, 6) is 1.12.